The molecule has 0 saturated heterocycles. The number of furan rings is 2. The van der Waals surface area contributed by atoms with Crippen LogP contribution in [0.2, 0.25) is 0 Å². The van der Waals surface area contributed by atoms with Crippen molar-refractivity contribution in [1.82, 2.24) is 0 Å². The van der Waals surface area contributed by atoms with Gasteiger partial charge in [0, 0.05) is 16.8 Å². The van der Waals surface area contributed by atoms with Gasteiger partial charge in [-0.2, -0.15) is 0 Å². The zero-order valence-electron chi connectivity index (χ0n) is 5.79. The molecule has 2 aromatic heterocycles. The van der Waals surface area contributed by atoms with Crippen LogP contribution in [0.15, 0.2) is 34.7 Å². The maximum Gasteiger partial charge on any atom is 0.143 e. The fourth-order valence-electron chi connectivity index (χ4n) is 1.46. The Morgan fingerprint density at radius 1 is 1.09 bits per heavy atom. The zero-order chi connectivity index (χ0) is 7.26. The van der Waals surface area contributed by atoms with Gasteiger partial charge in [-0.15, -0.1) is 0 Å². The Morgan fingerprint density at radius 2 is 1.91 bits per heavy atom. The predicted octanol–water partition coefficient (Wildman–Crippen LogP) is 2.82. The van der Waals surface area contributed by atoms with Crippen molar-refractivity contribution in [2.24, 2.45) is 0 Å². The Kier molecular flexibility index (Phi) is 0.737. The van der Waals surface area contributed by atoms with Crippen LogP contribution in [0, 0.1) is 6.07 Å². The molecule has 1 nitrogen and oxygen atoms in total. The number of hydrogen-bond acceptors (Lipinski definition) is 1. The third kappa shape index (κ3) is 0.511. The van der Waals surface area contributed by atoms with Crippen molar-refractivity contribution < 1.29 is 4.42 Å². The molecule has 1 aromatic carbocycles. The maximum atomic E-state index is 5.41. The first-order valence-corrected chi connectivity index (χ1v) is 3.56. The maximum absolute atomic E-state index is 5.41. The van der Waals surface area contributed by atoms with E-state index >= 15 is 0 Å². The lowest BCUT2D eigenvalue weighted by molar-refractivity contribution is 0.678. The molecule has 0 N–H and O–H groups in total. The van der Waals surface area contributed by atoms with E-state index in [1.54, 1.807) is 0 Å². The molecule has 3 aromatic rings. The zero-order valence-corrected chi connectivity index (χ0v) is 5.79. The van der Waals surface area contributed by atoms with E-state index in [2.05, 4.69) is 18.2 Å². The second-order valence-corrected chi connectivity index (χ2v) is 2.63. The SMILES string of the molecule is [c]1cc2oc1c1ccccc21. The van der Waals surface area contributed by atoms with Gasteiger partial charge in [0.15, 0.2) is 0 Å². The van der Waals surface area contributed by atoms with Crippen molar-refractivity contribution in [3.63, 3.8) is 0 Å². The van der Waals surface area contributed by atoms with E-state index in [1.165, 1.54) is 10.8 Å². The fraction of sp³-hybridized carbons (Fsp3) is 0. The lowest BCUT2D eigenvalue weighted by atomic mass is 10.1. The van der Waals surface area contributed by atoms with Crippen LogP contribution in [-0.2, 0) is 0 Å². The van der Waals surface area contributed by atoms with Crippen LogP contribution in [0.5, 0.6) is 0 Å². The van der Waals surface area contributed by atoms with Crippen molar-refractivity contribution in [2.45, 2.75) is 0 Å². The topological polar surface area (TPSA) is 13.1 Å². The average Bonchev–Trinajstić information content (AvgIpc) is 2.64. The van der Waals surface area contributed by atoms with Gasteiger partial charge in [0.2, 0.25) is 0 Å². The highest BCUT2D eigenvalue weighted by atomic mass is 16.3. The molecule has 2 heterocycles. The van der Waals surface area contributed by atoms with Crippen molar-refractivity contribution >= 4 is 21.9 Å². The molecule has 0 atom stereocenters. The summed E-state index contributed by atoms with van der Waals surface area (Å²) in [5.41, 5.74) is 1.81. The Labute approximate surface area is 63.6 Å². The second-order valence-electron chi connectivity index (χ2n) is 2.63. The van der Waals surface area contributed by atoms with Gasteiger partial charge in [0.25, 0.3) is 0 Å². The van der Waals surface area contributed by atoms with Gasteiger partial charge in [-0.25, -0.2) is 0 Å². The summed E-state index contributed by atoms with van der Waals surface area (Å²) in [6, 6.07) is 13.1. The lowest BCUT2D eigenvalue weighted by Crippen LogP contribution is -1.65. The molecular weight excluding hydrogens is 136 g/mol. The van der Waals surface area contributed by atoms with Crippen molar-refractivity contribution in [3.8, 4) is 0 Å². The summed E-state index contributed by atoms with van der Waals surface area (Å²) in [6.45, 7) is 0. The number of fused-ring (bicyclic) bond motifs is 5. The minimum atomic E-state index is 0.871. The van der Waals surface area contributed by atoms with Crippen LogP contribution in [0.25, 0.3) is 21.9 Å². The molecule has 1 radical (unpaired) electrons. The monoisotopic (exact) mass is 141 g/mol. The fourth-order valence-corrected chi connectivity index (χ4v) is 1.46. The summed E-state index contributed by atoms with van der Waals surface area (Å²) < 4.78 is 5.41. The van der Waals surface area contributed by atoms with Crippen LogP contribution in [-0.4, -0.2) is 0 Å². The lowest BCUT2D eigenvalue weighted by Gasteiger charge is -1.86. The number of rotatable bonds is 0. The summed E-state index contributed by atoms with van der Waals surface area (Å²) in [6.07, 6.45) is 0. The highest BCUT2D eigenvalue weighted by Gasteiger charge is 2.06. The van der Waals surface area contributed by atoms with Gasteiger partial charge < -0.3 is 4.42 Å². The first kappa shape index (κ1) is 5.19. The molecule has 0 spiro atoms. The van der Waals surface area contributed by atoms with Crippen molar-refractivity contribution in [1.29, 1.82) is 0 Å². The Balaban J connectivity index is 2.76. The molecule has 0 aliphatic heterocycles. The molecule has 1 heteroatoms. The predicted molar refractivity (Wildman–Crippen MR) is 43.7 cm³/mol. The molecule has 51 valence electrons. The van der Waals surface area contributed by atoms with E-state index in [-0.39, 0.29) is 0 Å². The number of benzene rings is 2. The highest BCUT2D eigenvalue weighted by molar-refractivity contribution is 6.06. The smallest absolute Gasteiger partial charge is 0.143 e. The van der Waals surface area contributed by atoms with Crippen LogP contribution < -0.4 is 0 Å². The summed E-state index contributed by atoms with van der Waals surface area (Å²) >= 11 is 0. The first-order valence-electron chi connectivity index (χ1n) is 3.56. The van der Waals surface area contributed by atoms with E-state index in [1.807, 2.05) is 18.2 Å². The highest BCUT2D eigenvalue weighted by Crippen LogP contribution is 2.29. The summed E-state index contributed by atoms with van der Waals surface area (Å²) in [4.78, 5) is 0. The van der Waals surface area contributed by atoms with Crippen LogP contribution in [0.1, 0.15) is 0 Å². The Hall–Kier alpha value is -1.50. The quantitative estimate of drug-likeness (QED) is 0.469. The average molecular weight is 141 g/mol. The molecular formula is C10H5O. The minimum Gasteiger partial charge on any atom is -0.455 e. The molecule has 0 fully saturated rings. The molecule has 0 aliphatic carbocycles. The molecule has 0 amide bonds. The Bertz CT molecular complexity index is 448. The third-order valence-electron chi connectivity index (χ3n) is 1.98. The summed E-state index contributed by atoms with van der Waals surface area (Å²) in [5.74, 6) is 0. The second kappa shape index (κ2) is 1.56. The van der Waals surface area contributed by atoms with Gasteiger partial charge in [0.1, 0.15) is 11.2 Å². The molecule has 0 unspecified atom stereocenters. The summed E-state index contributed by atoms with van der Waals surface area (Å²) in [5, 5.41) is 2.37. The Morgan fingerprint density at radius 3 is 2.73 bits per heavy atom. The van der Waals surface area contributed by atoms with Gasteiger partial charge >= 0.3 is 0 Å². The van der Waals surface area contributed by atoms with Gasteiger partial charge in [-0.3, -0.25) is 0 Å². The van der Waals surface area contributed by atoms with E-state index in [9.17, 15) is 0 Å². The first-order chi connectivity index (χ1) is 5.45. The van der Waals surface area contributed by atoms with Crippen LogP contribution in [0.4, 0.5) is 0 Å². The number of hydrogen-bond donors (Lipinski definition) is 0. The molecule has 0 saturated carbocycles. The molecule has 0 aliphatic rings. The van der Waals surface area contributed by atoms with Gasteiger partial charge in [0.05, 0.1) is 0 Å². The van der Waals surface area contributed by atoms with Crippen molar-refractivity contribution in [3.05, 3.63) is 36.4 Å². The summed E-state index contributed by atoms with van der Waals surface area (Å²) in [7, 11) is 0. The van der Waals surface area contributed by atoms with E-state index in [4.69, 9.17) is 4.42 Å². The third-order valence-corrected chi connectivity index (χ3v) is 1.98. The van der Waals surface area contributed by atoms with Crippen LogP contribution >= 0.6 is 0 Å². The standard InChI is InChI=1S/C10H5O/c1-2-4-8-7(3-1)9-5-6-10(8)11-9/h1-5H. The van der Waals surface area contributed by atoms with Gasteiger partial charge in [-0.05, 0) is 6.07 Å². The molecule has 11 heavy (non-hydrogen) atoms. The van der Waals surface area contributed by atoms with E-state index < -0.39 is 0 Å². The van der Waals surface area contributed by atoms with Crippen LogP contribution in [0.3, 0.4) is 0 Å². The molecule has 2 bridgehead atoms. The normalized spacial score (nSPS) is 11.6. The largest absolute Gasteiger partial charge is 0.455 e. The van der Waals surface area contributed by atoms with E-state index in [0.29, 0.717) is 0 Å². The minimum absolute atomic E-state index is 0.871. The van der Waals surface area contributed by atoms with Crippen molar-refractivity contribution in [2.75, 3.05) is 0 Å². The van der Waals surface area contributed by atoms with E-state index in [0.717, 1.165) is 11.2 Å². The molecule has 3 rings (SSSR count). The van der Waals surface area contributed by atoms with Gasteiger partial charge in [-0.1, -0.05) is 24.3 Å².